The van der Waals surface area contributed by atoms with E-state index in [0.29, 0.717) is 6.61 Å². The topological polar surface area (TPSA) is 78.4 Å². The molecule has 0 saturated carbocycles. The lowest BCUT2D eigenvalue weighted by Crippen LogP contribution is -2.40. The summed E-state index contributed by atoms with van der Waals surface area (Å²) in [7, 11) is 0. The van der Waals surface area contributed by atoms with Crippen LogP contribution >= 0.6 is 0 Å². The van der Waals surface area contributed by atoms with Crippen molar-refractivity contribution < 1.29 is 9.66 Å². The van der Waals surface area contributed by atoms with E-state index in [1.807, 2.05) is 0 Å². The fourth-order valence-corrected chi connectivity index (χ4v) is 2.00. The molecule has 5 heteroatoms. The molecule has 1 atom stereocenters. The lowest BCUT2D eigenvalue weighted by molar-refractivity contribution is -0.384. The van der Waals surface area contributed by atoms with Crippen LogP contribution in [-0.4, -0.2) is 23.7 Å². The SMILES string of the molecule is NC1(CCc2ccc([N+](=O)[O-])cc2)CCOC1. The Morgan fingerprint density at radius 1 is 1.41 bits per heavy atom. The maximum atomic E-state index is 10.5. The summed E-state index contributed by atoms with van der Waals surface area (Å²) in [4.78, 5) is 10.1. The summed E-state index contributed by atoms with van der Waals surface area (Å²) in [6, 6.07) is 6.64. The standard InChI is InChI=1S/C12H16N2O3/c13-12(7-8-17-9-12)6-5-10-1-3-11(4-2-10)14(15)16/h1-4H,5-9,13H2. The average molecular weight is 236 g/mol. The summed E-state index contributed by atoms with van der Waals surface area (Å²) < 4.78 is 5.28. The van der Waals surface area contributed by atoms with Crippen molar-refractivity contribution in [3.63, 3.8) is 0 Å². The molecule has 17 heavy (non-hydrogen) atoms. The third-order valence-electron chi connectivity index (χ3n) is 3.19. The molecule has 0 bridgehead atoms. The van der Waals surface area contributed by atoms with Gasteiger partial charge in [0.2, 0.25) is 0 Å². The number of benzene rings is 1. The first-order valence-electron chi connectivity index (χ1n) is 5.69. The van der Waals surface area contributed by atoms with Crippen molar-refractivity contribution in [1.82, 2.24) is 0 Å². The van der Waals surface area contributed by atoms with Crippen molar-refractivity contribution in [3.8, 4) is 0 Å². The van der Waals surface area contributed by atoms with Gasteiger partial charge in [0.05, 0.1) is 11.5 Å². The van der Waals surface area contributed by atoms with Gasteiger partial charge in [0.1, 0.15) is 0 Å². The Balaban J connectivity index is 1.93. The van der Waals surface area contributed by atoms with Gasteiger partial charge in [0, 0.05) is 24.3 Å². The van der Waals surface area contributed by atoms with Crippen molar-refractivity contribution in [2.45, 2.75) is 24.8 Å². The number of ether oxygens (including phenoxy) is 1. The molecule has 2 N–H and O–H groups in total. The van der Waals surface area contributed by atoms with Gasteiger partial charge in [-0.15, -0.1) is 0 Å². The third-order valence-corrected chi connectivity index (χ3v) is 3.19. The first kappa shape index (κ1) is 12.0. The predicted octanol–water partition coefficient (Wildman–Crippen LogP) is 1.65. The second-order valence-corrected chi connectivity index (χ2v) is 4.59. The number of nitrogens with zero attached hydrogens (tertiary/aromatic N) is 1. The minimum atomic E-state index is -0.390. The molecular formula is C12H16N2O3. The fraction of sp³-hybridized carbons (Fsp3) is 0.500. The van der Waals surface area contributed by atoms with Crippen LogP contribution in [0.4, 0.5) is 5.69 Å². The molecular weight excluding hydrogens is 220 g/mol. The molecule has 0 aromatic heterocycles. The minimum Gasteiger partial charge on any atom is -0.379 e. The third kappa shape index (κ3) is 3.01. The largest absolute Gasteiger partial charge is 0.379 e. The molecule has 5 nitrogen and oxygen atoms in total. The highest BCUT2D eigenvalue weighted by atomic mass is 16.6. The van der Waals surface area contributed by atoms with Crippen molar-refractivity contribution >= 4 is 5.69 Å². The molecule has 1 saturated heterocycles. The fourth-order valence-electron chi connectivity index (χ4n) is 2.00. The van der Waals surface area contributed by atoms with E-state index in [0.717, 1.165) is 31.4 Å². The maximum absolute atomic E-state index is 10.5. The number of nitrogens with two attached hydrogens (primary N) is 1. The molecule has 1 aliphatic heterocycles. The number of non-ortho nitro benzene ring substituents is 1. The number of nitro groups is 1. The highest BCUT2D eigenvalue weighted by Crippen LogP contribution is 2.22. The Labute approximate surface area is 99.7 Å². The molecule has 1 unspecified atom stereocenters. The number of aryl methyl sites for hydroxylation is 1. The molecule has 1 aliphatic rings. The van der Waals surface area contributed by atoms with Gasteiger partial charge in [-0.2, -0.15) is 0 Å². The quantitative estimate of drug-likeness (QED) is 0.636. The van der Waals surface area contributed by atoms with E-state index >= 15 is 0 Å². The number of hydrogen-bond acceptors (Lipinski definition) is 4. The molecule has 0 aliphatic carbocycles. The summed E-state index contributed by atoms with van der Waals surface area (Å²) in [5.41, 5.74) is 7.13. The van der Waals surface area contributed by atoms with Gasteiger partial charge in [-0.25, -0.2) is 0 Å². The Bertz CT molecular complexity index is 397. The van der Waals surface area contributed by atoms with E-state index in [-0.39, 0.29) is 16.1 Å². The molecule has 1 fully saturated rings. The smallest absolute Gasteiger partial charge is 0.269 e. The highest BCUT2D eigenvalue weighted by Gasteiger charge is 2.29. The van der Waals surface area contributed by atoms with Crippen LogP contribution in [0.3, 0.4) is 0 Å². The molecule has 1 aromatic carbocycles. The lowest BCUT2D eigenvalue weighted by atomic mass is 9.92. The summed E-state index contributed by atoms with van der Waals surface area (Å²) >= 11 is 0. The zero-order valence-electron chi connectivity index (χ0n) is 9.59. The highest BCUT2D eigenvalue weighted by molar-refractivity contribution is 5.33. The molecule has 1 aromatic rings. The second-order valence-electron chi connectivity index (χ2n) is 4.59. The first-order chi connectivity index (χ1) is 8.09. The second kappa shape index (κ2) is 4.81. The van der Waals surface area contributed by atoms with Crippen LogP contribution in [0.2, 0.25) is 0 Å². The molecule has 0 radical (unpaired) electrons. The van der Waals surface area contributed by atoms with Crippen LogP contribution in [-0.2, 0) is 11.2 Å². The molecule has 0 amide bonds. The van der Waals surface area contributed by atoms with E-state index in [1.54, 1.807) is 12.1 Å². The van der Waals surface area contributed by atoms with Crippen LogP contribution in [0, 0.1) is 10.1 Å². The van der Waals surface area contributed by atoms with Gasteiger partial charge in [-0.3, -0.25) is 10.1 Å². The van der Waals surface area contributed by atoms with Gasteiger partial charge in [0.15, 0.2) is 0 Å². The predicted molar refractivity (Wildman–Crippen MR) is 63.8 cm³/mol. The van der Waals surface area contributed by atoms with Gasteiger partial charge >= 0.3 is 0 Å². The van der Waals surface area contributed by atoms with E-state index in [9.17, 15) is 10.1 Å². The first-order valence-corrected chi connectivity index (χ1v) is 5.69. The molecule has 1 heterocycles. The maximum Gasteiger partial charge on any atom is 0.269 e. The van der Waals surface area contributed by atoms with Gasteiger partial charge < -0.3 is 10.5 Å². The van der Waals surface area contributed by atoms with Crippen molar-refractivity contribution in [2.24, 2.45) is 5.73 Å². The van der Waals surface area contributed by atoms with Crippen molar-refractivity contribution in [1.29, 1.82) is 0 Å². The summed E-state index contributed by atoms with van der Waals surface area (Å²) in [5.74, 6) is 0. The summed E-state index contributed by atoms with van der Waals surface area (Å²) in [5, 5.41) is 10.5. The Morgan fingerprint density at radius 3 is 2.65 bits per heavy atom. The van der Waals surface area contributed by atoms with E-state index < -0.39 is 0 Å². The minimum absolute atomic E-state index is 0.125. The van der Waals surface area contributed by atoms with Gasteiger partial charge in [-0.1, -0.05) is 12.1 Å². The number of hydrogen-bond donors (Lipinski definition) is 1. The number of rotatable bonds is 4. The lowest BCUT2D eigenvalue weighted by Gasteiger charge is -2.21. The van der Waals surface area contributed by atoms with E-state index in [1.165, 1.54) is 12.1 Å². The van der Waals surface area contributed by atoms with Gasteiger partial charge in [-0.05, 0) is 24.8 Å². The number of nitro benzene ring substituents is 1. The van der Waals surface area contributed by atoms with Gasteiger partial charge in [0.25, 0.3) is 5.69 Å². The molecule has 0 spiro atoms. The zero-order valence-corrected chi connectivity index (χ0v) is 9.59. The Hall–Kier alpha value is -1.46. The monoisotopic (exact) mass is 236 g/mol. The van der Waals surface area contributed by atoms with Crippen LogP contribution < -0.4 is 5.73 Å². The van der Waals surface area contributed by atoms with Crippen LogP contribution in [0.25, 0.3) is 0 Å². The Morgan fingerprint density at radius 2 is 2.12 bits per heavy atom. The Kier molecular flexibility index (Phi) is 3.40. The van der Waals surface area contributed by atoms with E-state index in [2.05, 4.69) is 0 Å². The average Bonchev–Trinajstić information content (AvgIpc) is 2.75. The zero-order chi connectivity index (χ0) is 12.3. The van der Waals surface area contributed by atoms with E-state index in [4.69, 9.17) is 10.5 Å². The molecule has 2 rings (SSSR count). The summed E-state index contributed by atoms with van der Waals surface area (Å²) in [6.07, 6.45) is 2.57. The normalized spacial score (nSPS) is 23.8. The molecule has 92 valence electrons. The van der Waals surface area contributed by atoms with Crippen LogP contribution in [0.15, 0.2) is 24.3 Å². The van der Waals surface area contributed by atoms with Crippen LogP contribution in [0.1, 0.15) is 18.4 Å². The van der Waals surface area contributed by atoms with Crippen molar-refractivity contribution in [3.05, 3.63) is 39.9 Å². The van der Waals surface area contributed by atoms with Crippen molar-refractivity contribution in [2.75, 3.05) is 13.2 Å². The summed E-state index contributed by atoms with van der Waals surface area (Å²) in [6.45, 7) is 1.34. The van der Waals surface area contributed by atoms with Crippen LogP contribution in [0.5, 0.6) is 0 Å².